The molecular formula is C29H26N4O4. The summed E-state index contributed by atoms with van der Waals surface area (Å²) in [6.07, 6.45) is 0. The highest BCUT2D eigenvalue weighted by atomic mass is 16.3. The second kappa shape index (κ2) is 7.89. The van der Waals surface area contributed by atoms with Crippen LogP contribution in [0.25, 0.3) is 27.8 Å². The van der Waals surface area contributed by atoms with E-state index in [9.17, 15) is 19.8 Å². The van der Waals surface area contributed by atoms with Gasteiger partial charge in [0, 0.05) is 19.7 Å². The van der Waals surface area contributed by atoms with Gasteiger partial charge in [-0.05, 0) is 48.7 Å². The van der Waals surface area contributed by atoms with Crippen molar-refractivity contribution in [3.8, 4) is 28.4 Å². The normalized spacial score (nSPS) is 14.3. The van der Waals surface area contributed by atoms with Crippen molar-refractivity contribution in [3.05, 3.63) is 104 Å². The maximum Gasteiger partial charge on any atom is 0.331 e. The average Bonchev–Trinajstić information content (AvgIpc) is 3.25. The van der Waals surface area contributed by atoms with Crippen molar-refractivity contribution < 1.29 is 10.2 Å². The Bertz CT molecular complexity index is 1860. The van der Waals surface area contributed by atoms with Crippen molar-refractivity contribution >= 4 is 16.6 Å². The molecule has 3 aromatic carbocycles. The minimum atomic E-state index is -0.667. The van der Waals surface area contributed by atoms with Gasteiger partial charge in [0.1, 0.15) is 0 Å². The zero-order chi connectivity index (χ0) is 26.2. The summed E-state index contributed by atoms with van der Waals surface area (Å²) in [5, 5.41) is 25.2. The molecule has 186 valence electrons. The predicted molar refractivity (Wildman–Crippen MR) is 144 cm³/mol. The lowest BCUT2D eigenvalue weighted by Gasteiger charge is -2.32. The molecule has 0 saturated carbocycles. The number of anilines is 1. The first-order valence-corrected chi connectivity index (χ1v) is 12.0. The fraction of sp³-hybridized carbons (Fsp3) is 0.172. The van der Waals surface area contributed by atoms with E-state index in [-0.39, 0.29) is 11.5 Å². The molecule has 1 aliphatic heterocycles. The Morgan fingerprint density at radius 2 is 1.57 bits per heavy atom. The average molecular weight is 495 g/mol. The van der Waals surface area contributed by atoms with Crippen molar-refractivity contribution in [2.45, 2.75) is 19.9 Å². The number of phenolic OH excluding ortho intramolecular Hbond substituents is 2. The van der Waals surface area contributed by atoms with Crippen LogP contribution >= 0.6 is 0 Å². The number of fused-ring (bicyclic) bond motifs is 5. The molecule has 1 atom stereocenters. The van der Waals surface area contributed by atoms with Crippen molar-refractivity contribution in [3.63, 3.8) is 0 Å². The number of hydrogen-bond donors (Lipinski definition) is 3. The maximum atomic E-state index is 13.7. The SMILES string of the molecule is Cc1cc2c(cc1C)-n1c(-c3ccccc3)c3c(=O)n(C)c(=O)n(C)c3c1C(c1cccc(O)c1O)N2. The van der Waals surface area contributed by atoms with E-state index < -0.39 is 17.3 Å². The summed E-state index contributed by atoms with van der Waals surface area (Å²) >= 11 is 0. The van der Waals surface area contributed by atoms with Gasteiger partial charge in [-0.3, -0.25) is 13.9 Å². The summed E-state index contributed by atoms with van der Waals surface area (Å²) in [6.45, 7) is 4.06. The van der Waals surface area contributed by atoms with Gasteiger partial charge < -0.3 is 20.1 Å². The molecule has 6 rings (SSSR count). The second-order valence-corrected chi connectivity index (χ2v) is 9.61. The summed E-state index contributed by atoms with van der Waals surface area (Å²) in [5.74, 6) is -0.510. The predicted octanol–water partition coefficient (Wildman–Crippen LogP) is 4.24. The summed E-state index contributed by atoms with van der Waals surface area (Å²) in [6, 6.07) is 17.9. The highest BCUT2D eigenvalue weighted by Gasteiger charge is 2.36. The Morgan fingerprint density at radius 1 is 0.865 bits per heavy atom. The van der Waals surface area contributed by atoms with Crippen LogP contribution in [0.3, 0.4) is 0 Å². The third-order valence-electron chi connectivity index (χ3n) is 7.44. The minimum Gasteiger partial charge on any atom is -0.504 e. The number of hydrogen-bond acceptors (Lipinski definition) is 5. The monoisotopic (exact) mass is 494 g/mol. The largest absolute Gasteiger partial charge is 0.504 e. The molecule has 0 spiro atoms. The standard InChI is InChI=1S/C29H26N4O4/c1-15-13-19-20(14-16(15)2)33-24(17-9-6-5-7-10-17)22-25(31(3)29(37)32(4)28(22)36)26(33)23(30-19)18-11-8-12-21(34)27(18)35/h5-14,23,30,34-35H,1-4H3. The molecule has 8 heteroatoms. The van der Waals surface area contributed by atoms with E-state index in [0.717, 1.165) is 32.6 Å². The van der Waals surface area contributed by atoms with Crippen LogP contribution in [0.1, 0.15) is 28.4 Å². The number of nitrogens with one attached hydrogen (secondary N) is 1. The van der Waals surface area contributed by atoms with Crippen molar-refractivity contribution in [2.24, 2.45) is 14.1 Å². The van der Waals surface area contributed by atoms with E-state index in [0.29, 0.717) is 27.9 Å². The highest BCUT2D eigenvalue weighted by Crippen LogP contribution is 2.48. The molecule has 0 fully saturated rings. The Hall–Kier alpha value is -4.72. The van der Waals surface area contributed by atoms with Gasteiger partial charge in [-0.2, -0.15) is 0 Å². The van der Waals surface area contributed by atoms with E-state index >= 15 is 0 Å². The molecule has 3 N–H and O–H groups in total. The quantitative estimate of drug-likeness (QED) is 0.319. The zero-order valence-corrected chi connectivity index (χ0v) is 20.9. The molecule has 3 heterocycles. The number of aryl methyl sites for hydroxylation is 3. The van der Waals surface area contributed by atoms with E-state index in [2.05, 4.69) is 11.4 Å². The third-order valence-corrected chi connectivity index (χ3v) is 7.44. The summed E-state index contributed by atoms with van der Waals surface area (Å²) in [7, 11) is 3.13. The molecule has 5 aromatic rings. The first kappa shape index (κ1) is 22.7. The molecule has 2 aromatic heterocycles. The summed E-state index contributed by atoms with van der Waals surface area (Å²) < 4.78 is 4.62. The van der Waals surface area contributed by atoms with E-state index in [1.807, 2.05) is 54.8 Å². The Kier molecular flexibility index (Phi) is 4.85. The molecule has 8 nitrogen and oxygen atoms in total. The number of aromatic hydroxyl groups is 2. The minimum absolute atomic E-state index is 0.249. The molecular weight excluding hydrogens is 468 g/mol. The topological polar surface area (TPSA) is 101 Å². The lowest BCUT2D eigenvalue weighted by Crippen LogP contribution is -2.37. The lowest BCUT2D eigenvalue weighted by atomic mass is 9.97. The Morgan fingerprint density at radius 3 is 2.30 bits per heavy atom. The van der Waals surface area contributed by atoms with Crippen LogP contribution in [0, 0.1) is 13.8 Å². The lowest BCUT2D eigenvalue weighted by molar-refractivity contribution is 0.398. The van der Waals surface area contributed by atoms with Crippen molar-refractivity contribution in [2.75, 3.05) is 5.32 Å². The molecule has 37 heavy (non-hydrogen) atoms. The van der Waals surface area contributed by atoms with Gasteiger partial charge in [0.15, 0.2) is 11.5 Å². The van der Waals surface area contributed by atoms with Gasteiger partial charge in [-0.15, -0.1) is 0 Å². The van der Waals surface area contributed by atoms with Crippen LogP contribution in [0.15, 0.2) is 70.3 Å². The van der Waals surface area contributed by atoms with Gasteiger partial charge in [0.2, 0.25) is 0 Å². The number of aromatic nitrogens is 3. The number of para-hydroxylation sites is 1. The van der Waals surface area contributed by atoms with Gasteiger partial charge >= 0.3 is 5.69 Å². The molecule has 1 aliphatic rings. The van der Waals surface area contributed by atoms with Crippen LogP contribution in [0.4, 0.5) is 5.69 Å². The van der Waals surface area contributed by atoms with E-state index in [1.54, 1.807) is 19.2 Å². The van der Waals surface area contributed by atoms with Gasteiger partial charge in [-0.1, -0.05) is 42.5 Å². The molecule has 0 aliphatic carbocycles. The van der Waals surface area contributed by atoms with Crippen molar-refractivity contribution in [1.29, 1.82) is 0 Å². The maximum absolute atomic E-state index is 13.7. The molecule has 0 saturated heterocycles. The second-order valence-electron chi connectivity index (χ2n) is 9.61. The van der Waals surface area contributed by atoms with Crippen molar-refractivity contribution in [1.82, 2.24) is 13.7 Å². The van der Waals surface area contributed by atoms with E-state index in [1.165, 1.54) is 17.7 Å². The number of rotatable bonds is 2. The zero-order valence-electron chi connectivity index (χ0n) is 20.9. The van der Waals surface area contributed by atoms with Crippen LogP contribution in [0.2, 0.25) is 0 Å². The van der Waals surface area contributed by atoms with E-state index in [4.69, 9.17) is 0 Å². The van der Waals surface area contributed by atoms with Gasteiger partial charge in [0.05, 0.1) is 39.7 Å². The Labute approximate surface area is 212 Å². The Balaban J connectivity index is 1.89. The molecule has 0 bridgehead atoms. The first-order valence-electron chi connectivity index (χ1n) is 12.0. The third kappa shape index (κ3) is 3.08. The van der Waals surface area contributed by atoms with Gasteiger partial charge in [-0.25, -0.2) is 4.79 Å². The fourth-order valence-electron chi connectivity index (χ4n) is 5.41. The first-order chi connectivity index (χ1) is 17.7. The van der Waals surface area contributed by atoms with Crippen LogP contribution in [0.5, 0.6) is 11.5 Å². The number of benzene rings is 3. The van der Waals surface area contributed by atoms with Crippen LogP contribution < -0.4 is 16.6 Å². The highest BCUT2D eigenvalue weighted by molar-refractivity contribution is 5.99. The van der Waals surface area contributed by atoms with Crippen LogP contribution in [-0.2, 0) is 14.1 Å². The van der Waals surface area contributed by atoms with Crippen LogP contribution in [-0.4, -0.2) is 23.9 Å². The summed E-state index contributed by atoms with van der Waals surface area (Å²) in [5.41, 5.74) is 5.95. The number of nitrogens with zero attached hydrogens (tertiary/aromatic N) is 3. The molecule has 0 radical (unpaired) electrons. The molecule has 0 amide bonds. The number of phenols is 2. The smallest absolute Gasteiger partial charge is 0.331 e. The molecule has 1 unspecified atom stereocenters. The fourth-order valence-corrected chi connectivity index (χ4v) is 5.41. The summed E-state index contributed by atoms with van der Waals surface area (Å²) in [4.78, 5) is 26.9. The van der Waals surface area contributed by atoms with Gasteiger partial charge in [0.25, 0.3) is 5.56 Å².